The first-order chi connectivity index (χ1) is 14.2. The Hall–Kier alpha value is -2.83. The Balaban J connectivity index is 1.37. The lowest BCUT2D eigenvalue weighted by Gasteiger charge is -2.26. The van der Waals surface area contributed by atoms with Crippen molar-refractivity contribution in [3.8, 4) is 11.5 Å². The summed E-state index contributed by atoms with van der Waals surface area (Å²) in [5, 5.41) is 0.699. The number of morpholine rings is 1. The average molecular weight is 394 g/mol. The summed E-state index contributed by atoms with van der Waals surface area (Å²) in [5.41, 5.74) is 2.33. The summed E-state index contributed by atoms with van der Waals surface area (Å²) < 4.78 is 17.2. The van der Waals surface area contributed by atoms with E-state index in [2.05, 4.69) is 9.88 Å². The van der Waals surface area contributed by atoms with Crippen LogP contribution in [0.25, 0.3) is 10.9 Å². The van der Waals surface area contributed by atoms with E-state index >= 15 is 0 Å². The smallest absolute Gasteiger partial charge is 0.192 e. The van der Waals surface area contributed by atoms with Gasteiger partial charge >= 0.3 is 0 Å². The first kappa shape index (κ1) is 19.5. The van der Waals surface area contributed by atoms with Crippen LogP contribution in [0.4, 0.5) is 0 Å². The van der Waals surface area contributed by atoms with Crippen LogP contribution in [-0.4, -0.2) is 49.3 Å². The van der Waals surface area contributed by atoms with Crippen LogP contribution in [0.2, 0.25) is 0 Å². The number of benzene rings is 2. The number of H-pyrrole nitrogens is 1. The highest BCUT2D eigenvalue weighted by Gasteiger charge is 2.11. The number of hydrogen-bond acceptors (Lipinski definition) is 5. The second-order valence-corrected chi connectivity index (χ2v) is 7.17. The average Bonchev–Trinajstić information content (AvgIpc) is 2.76. The summed E-state index contributed by atoms with van der Waals surface area (Å²) in [5.74, 6) is 1.49. The van der Waals surface area contributed by atoms with Crippen LogP contribution in [0, 0.1) is 6.92 Å². The van der Waals surface area contributed by atoms with Crippen LogP contribution < -0.4 is 14.9 Å². The molecule has 0 atom stereocenters. The van der Waals surface area contributed by atoms with Gasteiger partial charge in [-0.1, -0.05) is 18.2 Å². The van der Waals surface area contributed by atoms with Gasteiger partial charge in [0.2, 0.25) is 0 Å². The van der Waals surface area contributed by atoms with Crippen molar-refractivity contribution in [2.45, 2.75) is 13.5 Å². The molecule has 29 heavy (non-hydrogen) atoms. The highest BCUT2D eigenvalue weighted by atomic mass is 16.5. The van der Waals surface area contributed by atoms with Crippen LogP contribution in [-0.2, 0) is 11.3 Å². The normalized spacial score (nSPS) is 14.8. The van der Waals surface area contributed by atoms with Gasteiger partial charge in [0.15, 0.2) is 5.43 Å². The number of ether oxygens (including phenoxy) is 3. The summed E-state index contributed by atoms with van der Waals surface area (Å²) in [6.07, 6.45) is 0. The van der Waals surface area contributed by atoms with Crippen LogP contribution >= 0.6 is 0 Å². The predicted octanol–water partition coefficient (Wildman–Crippen LogP) is 3.13. The molecule has 1 aliphatic rings. The number of nitrogens with one attached hydrogen (secondary N) is 1. The molecule has 1 aromatic heterocycles. The number of para-hydroxylation sites is 1. The van der Waals surface area contributed by atoms with Crippen molar-refractivity contribution >= 4 is 10.9 Å². The molecule has 0 saturated carbocycles. The summed E-state index contributed by atoms with van der Waals surface area (Å²) in [4.78, 5) is 18.2. The molecule has 0 bridgehead atoms. The third kappa shape index (κ3) is 4.78. The number of pyridine rings is 1. The minimum atomic E-state index is 0.0400. The zero-order chi connectivity index (χ0) is 20.1. The monoisotopic (exact) mass is 394 g/mol. The molecule has 4 rings (SSSR count). The SMILES string of the molecule is Cc1c(COc2cccc(OCCN3CCOCC3)c2)[nH]c2ccccc2c1=O. The maximum Gasteiger partial charge on any atom is 0.192 e. The second-order valence-electron chi connectivity index (χ2n) is 7.17. The molecule has 3 aromatic rings. The van der Waals surface area contributed by atoms with E-state index in [0.29, 0.717) is 29.9 Å². The summed E-state index contributed by atoms with van der Waals surface area (Å²) >= 11 is 0. The lowest BCUT2D eigenvalue weighted by atomic mass is 10.1. The van der Waals surface area contributed by atoms with Gasteiger partial charge in [-0.3, -0.25) is 9.69 Å². The Labute approximate surface area is 170 Å². The third-order valence-corrected chi connectivity index (χ3v) is 5.22. The fraction of sp³-hybridized carbons (Fsp3) is 0.348. The summed E-state index contributed by atoms with van der Waals surface area (Å²) in [6, 6.07) is 15.1. The van der Waals surface area contributed by atoms with Crippen molar-refractivity contribution in [2.75, 3.05) is 39.5 Å². The molecule has 0 amide bonds. The van der Waals surface area contributed by atoms with E-state index in [1.165, 1.54) is 0 Å². The predicted molar refractivity (Wildman–Crippen MR) is 113 cm³/mol. The highest BCUT2D eigenvalue weighted by molar-refractivity contribution is 5.79. The quantitative estimate of drug-likeness (QED) is 0.667. The molecular formula is C23H26N2O4. The van der Waals surface area contributed by atoms with E-state index in [1.54, 1.807) is 0 Å². The fourth-order valence-electron chi connectivity index (χ4n) is 3.46. The van der Waals surface area contributed by atoms with Gasteiger partial charge in [-0.2, -0.15) is 0 Å². The van der Waals surface area contributed by atoms with E-state index in [1.807, 2.05) is 55.5 Å². The van der Waals surface area contributed by atoms with Crippen LogP contribution in [0.5, 0.6) is 11.5 Å². The first-order valence-electron chi connectivity index (χ1n) is 9.97. The van der Waals surface area contributed by atoms with Crippen LogP contribution in [0.1, 0.15) is 11.3 Å². The molecule has 1 aliphatic heterocycles. The summed E-state index contributed by atoms with van der Waals surface area (Å²) in [7, 11) is 0. The minimum Gasteiger partial charge on any atom is -0.492 e. The third-order valence-electron chi connectivity index (χ3n) is 5.22. The van der Waals surface area contributed by atoms with Crippen molar-refractivity contribution in [1.29, 1.82) is 0 Å². The van der Waals surface area contributed by atoms with Crippen molar-refractivity contribution < 1.29 is 14.2 Å². The maximum atomic E-state index is 12.6. The molecule has 1 N–H and O–H groups in total. The zero-order valence-electron chi connectivity index (χ0n) is 16.6. The Kier molecular flexibility index (Phi) is 6.12. The van der Waals surface area contributed by atoms with Gasteiger partial charge in [0, 0.05) is 42.2 Å². The maximum absolute atomic E-state index is 12.6. The topological polar surface area (TPSA) is 63.8 Å². The highest BCUT2D eigenvalue weighted by Crippen LogP contribution is 2.21. The van der Waals surface area contributed by atoms with Gasteiger partial charge in [0.1, 0.15) is 24.7 Å². The van der Waals surface area contributed by atoms with Crippen molar-refractivity contribution in [2.24, 2.45) is 0 Å². The standard InChI is InChI=1S/C23H26N2O4/c1-17-22(24-21-8-3-2-7-20(21)23(17)26)16-29-19-6-4-5-18(15-19)28-14-11-25-9-12-27-13-10-25/h2-8,15H,9-14,16H2,1H3,(H,24,26). The lowest BCUT2D eigenvalue weighted by molar-refractivity contribution is 0.0322. The Morgan fingerprint density at radius 3 is 2.62 bits per heavy atom. The number of aromatic amines is 1. The van der Waals surface area contributed by atoms with E-state index in [9.17, 15) is 4.79 Å². The zero-order valence-corrected chi connectivity index (χ0v) is 16.6. The van der Waals surface area contributed by atoms with Crippen molar-refractivity contribution in [3.05, 3.63) is 70.0 Å². The molecule has 6 heteroatoms. The molecule has 0 aliphatic carbocycles. The Morgan fingerprint density at radius 2 is 1.79 bits per heavy atom. The van der Waals surface area contributed by atoms with Gasteiger partial charge in [0.25, 0.3) is 0 Å². The largest absolute Gasteiger partial charge is 0.492 e. The number of hydrogen-bond donors (Lipinski definition) is 1. The number of fused-ring (bicyclic) bond motifs is 1. The van der Waals surface area contributed by atoms with Gasteiger partial charge in [-0.05, 0) is 31.2 Å². The van der Waals surface area contributed by atoms with Crippen LogP contribution in [0.3, 0.4) is 0 Å². The number of aromatic nitrogens is 1. The number of nitrogens with zero attached hydrogens (tertiary/aromatic N) is 1. The first-order valence-corrected chi connectivity index (χ1v) is 9.97. The summed E-state index contributed by atoms with van der Waals surface area (Å²) in [6.45, 7) is 7.12. The molecule has 152 valence electrons. The van der Waals surface area contributed by atoms with Crippen molar-refractivity contribution in [3.63, 3.8) is 0 Å². The van der Waals surface area contributed by atoms with Crippen molar-refractivity contribution in [1.82, 2.24) is 9.88 Å². The van der Waals surface area contributed by atoms with Gasteiger partial charge < -0.3 is 19.2 Å². The van der Waals surface area contributed by atoms with E-state index in [-0.39, 0.29) is 5.43 Å². The second kappa shape index (κ2) is 9.11. The van der Waals surface area contributed by atoms with Gasteiger partial charge in [0.05, 0.1) is 18.9 Å². The number of rotatable bonds is 7. The molecule has 0 unspecified atom stereocenters. The van der Waals surface area contributed by atoms with Gasteiger partial charge in [-0.25, -0.2) is 0 Å². The molecule has 6 nitrogen and oxygen atoms in total. The Morgan fingerprint density at radius 1 is 1.03 bits per heavy atom. The van der Waals surface area contributed by atoms with Gasteiger partial charge in [-0.15, -0.1) is 0 Å². The molecule has 2 heterocycles. The van der Waals surface area contributed by atoms with Crippen LogP contribution in [0.15, 0.2) is 53.3 Å². The fourth-order valence-corrected chi connectivity index (χ4v) is 3.46. The van der Waals surface area contributed by atoms with E-state index < -0.39 is 0 Å². The molecule has 1 fully saturated rings. The molecule has 0 radical (unpaired) electrons. The molecule has 2 aromatic carbocycles. The minimum absolute atomic E-state index is 0.0400. The molecular weight excluding hydrogens is 368 g/mol. The Bertz CT molecular complexity index is 1020. The lowest BCUT2D eigenvalue weighted by Crippen LogP contribution is -2.38. The molecule has 1 saturated heterocycles. The van der Waals surface area contributed by atoms with E-state index in [0.717, 1.165) is 49.8 Å². The molecule has 0 spiro atoms. The van der Waals surface area contributed by atoms with E-state index in [4.69, 9.17) is 14.2 Å².